The smallest absolute Gasteiger partial charge is 0.246 e. The Balaban J connectivity index is 1.46. The van der Waals surface area contributed by atoms with Crippen molar-refractivity contribution in [2.45, 2.75) is 44.6 Å². The van der Waals surface area contributed by atoms with Crippen LogP contribution in [0.1, 0.15) is 37.7 Å². The monoisotopic (exact) mass is 392 g/mol. The topological polar surface area (TPSA) is 57.7 Å². The Morgan fingerprint density at radius 2 is 1.48 bits per heavy atom. The molecule has 3 fully saturated rings. The van der Waals surface area contributed by atoms with Crippen LogP contribution in [0, 0.1) is 23.7 Å². The molecule has 2 aliphatic heterocycles. The lowest BCUT2D eigenvalue weighted by molar-refractivity contribution is -0.152. The fraction of sp³-hybridized carbons (Fsp3) is 0.542. The van der Waals surface area contributed by atoms with Crippen molar-refractivity contribution in [1.29, 1.82) is 0 Å². The number of carbonyl (C=O) groups is 3. The Kier molecular flexibility index (Phi) is 4.76. The van der Waals surface area contributed by atoms with Gasteiger partial charge in [-0.05, 0) is 36.7 Å². The maximum Gasteiger partial charge on any atom is 0.246 e. The van der Waals surface area contributed by atoms with Crippen LogP contribution in [0.3, 0.4) is 0 Å². The summed E-state index contributed by atoms with van der Waals surface area (Å²) in [7, 11) is 0. The van der Waals surface area contributed by atoms with Gasteiger partial charge in [0, 0.05) is 19.5 Å². The molecule has 1 aromatic carbocycles. The lowest BCUT2D eigenvalue weighted by atomic mass is 9.85. The first-order chi connectivity index (χ1) is 14.1. The van der Waals surface area contributed by atoms with Gasteiger partial charge >= 0.3 is 0 Å². The summed E-state index contributed by atoms with van der Waals surface area (Å²) in [6, 6.07) is 9.04. The third-order valence-electron chi connectivity index (χ3n) is 7.29. The molecule has 5 atom stereocenters. The Bertz CT molecular complexity index is 811. The molecule has 2 saturated heterocycles. The molecule has 0 aromatic heterocycles. The highest BCUT2D eigenvalue weighted by molar-refractivity contribution is 6.09. The number of carbonyl (C=O) groups excluding carboxylic acids is 3. The van der Waals surface area contributed by atoms with E-state index in [2.05, 4.69) is 12.2 Å². The van der Waals surface area contributed by atoms with Gasteiger partial charge in [0.2, 0.25) is 17.7 Å². The number of imide groups is 1. The zero-order valence-corrected chi connectivity index (χ0v) is 16.7. The van der Waals surface area contributed by atoms with Gasteiger partial charge in [-0.15, -0.1) is 0 Å². The van der Waals surface area contributed by atoms with E-state index in [-0.39, 0.29) is 41.4 Å². The molecule has 29 heavy (non-hydrogen) atoms. The summed E-state index contributed by atoms with van der Waals surface area (Å²) in [4.78, 5) is 43.6. The number of allylic oxidation sites excluding steroid dienone is 2. The normalized spacial score (nSPS) is 31.9. The van der Waals surface area contributed by atoms with Crippen LogP contribution in [-0.2, 0) is 20.8 Å². The lowest BCUT2D eigenvalue weighted by Crippen LogP contribution is -2.53. The van der Waals surface area contributed by atoms with Gasteiger partial charge in [-0.25, -0.2) is 0 Å². The van der Waals surface area contributed by atoms with Gasteiger partial charge in [-0.2, -0.15) is 0 Å². The maximum absolute atomic E-state index is 13.6. The number of rotatable bonds is 4. The first kappa shape index (κ1) is 18.6. The molecule has 3 amide bonds. The summed E-state index contributed by atoms with van der Waals surface area (Å²) in [6.07, 6.45) is 9.75. The number of fused-ring (bicyclic) bond motifs is 5. The van der Waals surface area contributed by atoms with E-state index in [4.69, 9.17) is 0 Å². The molecule has 1 aromatic rings. The van der Waals surface area contributed by atoms with Crippen LogP contribution in [0.4, 0.5) is 0 Å². The highest BCUT2D eigenvalue weighted by Gasteiger charge is 2.61. The average Bonchev–Trinajstić information content (AvgIpc) is 3.33. The van der Waals surface area contributed by atoms with Gasteiger partial charge in [0.25, 0.3) is 0 Å². The van der Waals surface area contributed by atoms with Gasteiger partial charge in [-0.1, -0.05) is 55.3 Å². The predicted molar refractivity (Wildman–Crippen MR) is 109 cm³/mol. The summed E-state index contributed by atoms with van der Waals surface area (Å²) in [5.41, 5.74) is 0.986. The van der Waals surface area contributed by atoms with E-state index in [1.807, 2.05) is 35.2 Å². The maximum atomic E-state index is 13.6. The molecule has 1 saturated carbocycles. The molecule has 5 nitrogen and oxygen atoms in total. The van der Waals surface area contributed by atoms with Crippen molar-refractivity contribution in [1.82, 2.24) is 9.80 Å². The molecule has 0 radical (unpaired) electrons. The summed E-state index contributed by atoms with van der Waals surface area (Å²) in [6.45, 7) is 1.44. The minimum atomic E-state index is -0.722. The van der Waals surface area contributed by atoms with E-state index >= 15 is 0 Å². The van der Waals surface area contributed by atoms with E-state index in [0.717, 1.165) is 50.8 Å². The molecule has 2 heterocycles. The molecule has 2 bridgehead atoms. The van der Waals surface area contributed by atoms with Crippen LogP contribution >= 0.6 is 0 Å². The van der Waals surface area contributed by atoms with Crippen LogP contribution in [0.2, 0.25) is 0 Å². The zero-order chi connectivity index (χ0) is 20.0. The standard InChI is InChI=1S/C24H28N2O3/c27-22(25-12-6-1-2-7-13-25)19(14-16-8-4-3-5-9-16)26-23(28)20-17-10-11-18(15-17)21(20)24(26)29/h3-5,8-11,17-21H,1-2,6-7,12-15H2/t17-,18+,19-,20-,21+/m0/s1. The van der Waals surface area contributed by atoms with Crippen LogP contribution < -0.4 is 0 Å². The van der Waals surface area contributed by atoms with E-state index in [1.54, 1.807) is 0 Å². The Labute approximate surface area is 171 Å². The van der Waals surface area contributed by atoms with Gasteiger partial charge < -0.3 is 4.90 Å². The largest absolute Gasteiger partial charge is 0.341 e. The fourth-order valence-corrected chi connectivity index (χ4v) is 5.86. The third kappa shape index (κ3) is 3.11. The second-order valence-electron chi connectivity index (χ2n) is 8.99. The van der Waals surface area contributed by atoms with Gasteiger partial charge in [-0.3, -0.25) is 19.3 Å². The highest BCUT2D eigenvalue weighted by atomic mass is 16.2. The van der Waals surface area contributed by atoms with Crippen molar-refractivity contribution in [3.8, 4) is 0 Å². The first-order valence-corrected chi connectivity index (χ1v) is 11.0. The first-order valence-electron chi connectivity index (χ1n) is 11.0. The summed E-state index contributed by atoms with van der Waals surface area (Å²) < 4.78 is 0. The average molecular weight is 392 g/mol. The molecule has 0 N–H and O–H groups in total. The van der Waals surface area contributed by atoms with Crippen molar-refractivity contribution in [2.75, 3.05) is 13.1 Å². The number of hydrogen-bond donors (Lipinski definition) is 0. The number of nitrogens with zero attached hydrogens (tertiary/aromatic N) is 2. The SMILES string of the molecule is O=C([C@H](Cc1ccccc1)N1C(=O)[C@@H]2[C@H](C1=O)[C@@H]1C=C[C@H]2C1)N1CCCCCC1. The number of benzene rings is 1. The molecule has 2 aliphatic carbocycles. The van der Waals surface area contributed by atoms with Crippen LogP contribution in [-0.4, -0.2) is 46.7 Å². The minimum Gasteiger partial charge on any atom is -0.341 e. The van der Waals surface area contributed by atoms with E-state index in [9.17, 15) is 14.4 Å². The van der Waals surface area contributed by atoms with Crippen molar-refractivity contribution >= 4 is 17.7 Å². The number of amides is 3. The second kappa shape index (κ2) is 7.43. The van der Waals surface area contributed by atoms with Crippen molar-refractivity contribution in [2.24, 2.45) is 23.7 Å². The second-order valence-corrected chi connectivity index (χ2v) is 8.99. The summed E-state index contributed by atoms with van der Waals surface area (Å²) in [5.74, 6) is -0.491. The third-order valence-corrected chi connectivity index (χ3v) is 7.29. The van der Waals surface area contributed by atoms with Crippen LogP contribution in [0.25, 0.3) is 0 Å². The lowest BCUT2D eigenvalue weighted by Gasteiger charge is -2.32. The van der Waals surface area contributed by atoms with Crippen molar-refractivity contribution < 1.29 is 14.4 Å². The minimum absolute atomic E-state index is 0.0577. The number of hydrogen-bond acceptors (Lipinski definition) is 3. The van der Waals surface area contributed by atoms with E-state index in [0.29, 0.717) is 6.42 Å². The van der Waals surface area contributed by atoms with Gasteiger partial charge in [0.05, 0.1) is 11.8 Å². The Morgan fingerprint density at radius 3 is 2.07 bits per heavy atom. The summed E-state index contributed by atoms with van der Waals surface area (Å²) >= 11 is 0. The fourth-order valence-electron chi connectivity index (χ4n) is 5.86. The molecule has 5 heteroatoms. The zero-order valence-electron chi connectivity index (χ0n) is 16.7. The molecule has 5 rings (SSSR count). The van der Waals surface area contributed by atoms with Crippen LogP contribution in [0.5, 0.6) is 0 Å². The molecular formula is C24H28N2O3. The molecule has 0 spiro atoms. The molecule has 0 unspecified atom stereocenters. The van der Waals surface area contributed by atoms with Gasteiger partial charge in [0.1, 0.15) is 6.04 Å². The molecular weight excluding hydrogens is 364 g/mol. The predicted octanol–water partition coefficient (Wildman–Crippen LogP) is 2.81. The van der Waals surface area contributed by atoms with Crippen LogP contribution in [0.15, 0.2) is 42.5 Å². The van der Waals surface area contributed by atoms with Crippen molar-refractivity contribution in [3.05, 3.63) is 48.0 Å². The quantitative estimate of drug-likeness (QED) is 0.585. The Hall–Kier alpha value is -2.43. The molecule has 152 valence electrons. The Morgan fingerprint density at radius 1 is 0.897 bits per heavy atom. The highest BCUT2D eigenvalue weighted by Crippen LogP contribution is 2.53. The van der Waals surface area contributed by atoms with Gasteiger partial charge in [0.15, 0.2) is 0 Å². The summed E-state index contributed by atoms with van der Waals surface area (Å²) in [5, 5.41) is 0. The van der Waals surface area contributed by atoms with Crippen molar-refractivity contribution in [3.63, 3.8) is 0 Å². The molecule has 4 aliphatic rings. The van der Waals surface area contributed by atoms with E-state index in [1.165, 1.54) is 4.90 Å². The number of likely N-dealkylation sites (tertiary alicyclic amines) is 2. The van der Waals surface area contributed by atoms with E-state index < -0.39 is 6.04 Å².